The fraction of sp³-hybridized carbons (Fsp3) is 0.0909. The standard InChI is InChI=1S/C66H48N2/c1-65(2)57-37-45(42-25-23-41(24-26-42)43-29-33-63-55(35-43)51-19-11-13-21-61(51)67(63)47-15-7-5-8-16-47)27-31-49(57)53-39-60-54(40-59(53)65)50-32-28-46(38-58(50)66(60,3)4)44-30-34-64-56(36-44)52-20-12-14-22-62(52)68(64)48-17-9-6-10-18-48/h5-40H,1-4H3. The third kappa shape index (κ3) is 5.52. The van der Waals surface area contributed by atoms with E-state index in [1.807, 2.05) is 0 Å². The molecule has 2 aliphatic carbocycles. The summed E-state index contributed by atoms with van der Waals surface area (Å²) in [5.74, 6) is 0. The van der Waals surface area contributed by atoms with Gasteiger partial charge in [0.1, 0.15) is 0 Å². The first-order valence-electron chi connectivity index (χ1n) is 24.0. The summed E-state index contributed by atoms with van der Waals surface area (Å²) in [5, 5.41) is 5.10. The molecule has 0 atom stereocenters. The van der Waals surface area contributed by atoms with Crippen LogP contribution in [0.25, 0.3) is 111 Å². The second kappa shape index (κ2) is 14.2. The molecule has 0 N–H and O–H groups in total. The van der Waals surface area contributed by atoms with Gasteiger partial charge in [-0.05, 0) is 163 Å². The molecule has 10 aromatic carbocycles. The van der Waals surface area contributed by atoms with E-state index >= 15 is 0 Å². The van der Waals surface area contributed by atoms with Gasteiger partial charge in [-0.15, -0.1) is 0 Å². The molecule has 0 aliphatic heterocycles. The minimum absolute atomic E-state index is 0.148. The zero-order chi connectivity index (χ0) is 45.5. The van der Waals surface area contributed by atoms with Crippen molar-refractivity contribution in [3.63, 3.8) is 0 Å². The highest BCUT2D eigenvalue weighted by atomic mass is 15.0. The van der Waals surface area contributed by atoms with Crippen molar-refractivity contribution in [2.24, 2.45) is 0 Å². The Morgan fingerprint density at radius 1 is 0.250 bits per heavy atom. The zero-order valence-corrected chi connectivity index (χ0v) is 38.7. The predicted molar refractivity (Wildman–Crippen MR) is 287 cm³/mol. The molecule has 2 heteroatoms. The lowest BCUT2D eigenvalue weighted by Gasteiger charge is -2.24. The molecule has 0 bridgehead atoms. The molecule has 2 aliphatic rings. The molecule has 0 spiro atoms. The van der Waals surface area contributed by atoms with Crippen LogP contribution in [0.3, 0.4) is 0 Å². The van der Waals surface area contributed by atoms with Crippen molar-refractivity contribution in [1.82, 2.24) is 9.13 Å². The first-order valence-corrected chi connectivity index (χ1v) is 24.0. The monoisotopic (exact) mass is 868 g/mol. The SMILES string of the molecule is CC1(C)c2cc(-c3ccc(-c4ccc5c(c4)c4ccccc4n5-c4ccccc4)cc3)ccc2-c2cc3c(cc21)-c1ccc(-c2ccc4c(c2)c2ccccc2n4-c2ccccc2)cc1C3(C)C. The molecule has 12 aromatic rings. The van der Waals surface area contributed by atoms with Gasteiger partial charge in [-0.1, -0.05) is 161 Å². The van der Waals surface area contributed by atoms with Gasteiger partial charge < -0.3 is 9.13 Å². The number of fused-ring (bicyclic) bond motifs is 12. The summed E-state index contributed by atoms with van der Waals surface area (Å²) in [5.41, 5.74) is 25.5. The Morgan fingerprint density at radius 3 is 1.03 bits per heavy atom. The van der Waals surface area contributed by atoms with E-state index in [2.05, 4.69) is 255 Å². The summed E-state index contributed by atoms with van der Waals surface area (Å²) < 4.78 is 4.77. The van der Waals surface area contributed by atoms with Crippen molar-refractivity contribution in [3.05, 3.63) is 241 Å². The Kier molecular flexibility index (Phi) is 8.12. The van der Waals surface area contributed by atoms with E-state index in [1.165, 1.54) is 133 Å². The van der Waals surface area contributed by atoms with Gasteiger partial charge in [-0.3, -0.25) is 0 Å². The molecule has 0 fully saturated rings. The maximum atomic E-state index is 2.53. The molecule has 14 rings (SSSR count). The number of para-hydroxylation sites is 4. The van der Waals surface area contributed by atoms with Crippen molar-refractivity contribution >= 4 is 43.6 Å². The Balaban J connectivity index is 0.785. The first-order chi connectivity index (χ1) is 33.2. The lowest BCUT2D eigenvalue weighted by atomic mass is 9.79. The molecule has 0 amide bonds. The molecule has 0 radical (unpaired) electrons. The Hall–Kier alpha value is -8.20. The van der Waals surface area contributed by atoms with E-state index in [1.54, 1.807) is 0 Å². The third-order valence-electron chi connectivity index (χ3n) is 15.7. The van der Waals surface area contributed by atoms with Gasteiger partial charge in [-0.2, -0.15) is 0 Å². The minimum Gasteiger partial charge on any atom is -0.309 e. The number of hydrogen-bond donors (Lipinski definition) is 0. The molecular weight excluding hydrogens is 821 g/mol. The molecule has 0 saturated carbocycles. The van der Waals surface area contributed by atoms with Gasteiger partial charge in [0.2, 0.25) is 0 Å². The Labute approximate surface area is 397 Å². The number of hydrogen-bond acceptors (Lipinski definition) is 0. The molecule has 68 heavy (non-hydrogen) atoms. The summed E-state index contributed by atoms with van der Waals surface area (Å²) >= 11 is 0. The normalized spacial score (nSPS) is 14.1. The van der Waals surface area contributed by atoms with E-state index in [9.17, 15) is 0 Å². The highest BCUT2D eigenvalue weighted by Gasteiger charge is 2.42. The molecule has 2 heterocycles. The lowest BCUT2D eigenvalue weighted by molar-refractivity contribution is 0.652. The largest absolute Gasteiger partial charge is 0.309 e. The van der Waals surface area contributed by atoms with Crippen LogP contribution in [0.2, 0.25) is 0 Å². The first kappa shape index (κ1) is 39.0. The molecule has 322 valence electrons. The number of nitrogens with zero attached hydrogens (tertiary/aromatic N) is 2. The third-order valence-corrected chi connectivity index (χ3v) is 15.7. The molecule has 2 nitrogen and oxygen atoms in total. The van der Waals surface area contributed by atoms with Crippen LogP contribution in [0.1, 0.15) is 49.9 Å². The second-order valence-corrected chi connectivity index (χ2v) is 20.1. The van der Waals surface area contributed by atoms with Crippen LogP contribution in [0.5, 0.6) is 0 Å². The average molecular weight is 869 g/mol. The van der Waals surface area contributed by atoms with E-state index in [0.29, 0.717) is 0 Å². The van der Waals surface area contributed by atoms with Crippen molar-refractivity contribution in [3.8, 4) is 67.0 Å². The van der Waals surface area contributed by atoms with Gasteiger partial charge in [-0.25, -0.2) is 0 Å². The Morgan fingerprint density at radius 2 is 0.574 bits per heavy atom. The summed E-state index contributed by atoms with van der Waals surface area (Å²) in [4.78, 5) is 0. The fourth-order valence-electron chi connectivity index (χ4n) is 12.2. The number of aromatic nitrogens is 2. The van der Waals surface area contributed by atoms with Gasteiger partial charge in [0.25, 0.3) is 0 Å². The fourth-order valence-corrected chi connectivity index (χ4v) is 12.2. The molecule has 2 aromatic heterocycles. The van der Waals surface area contributed by atoms with Crippen LogP contribution >= 0.6 is 0 Å². The molecule has 0 unspecified atom stereocenters. The van der Waals surface area contributed by atoms with Crippen LogP contribution in [-0.2, 0) is 10.8 Å². The topological polar surface area (TPSA) is 9.86 Å². The lowest BCUT2D eigenvalue weighted by Crippen LogP contribution is -2.17. The summed E-state index contributed by atoms with van der Waals surface area (Å²) in [6.45, 7) is 9.66. The predicted octanol–water partition coefficient (Wildman–Crippen LogP) is 17.5. The van der Waals surface area contributed by atoms with Crippen molar-refractivity contribution in [2.75, 3.05) is 0 Å². The number of benzene rings is 10. The van der Waals surface area contributed by atoms with Gasteiger partial charge in [0, 0.05) is 43.7 Å². The van der Waals surface area contributed by atoms with Crippen LogP contribution in [0, 0.1) is 0 Å². The average Bonchev–Trinajstić information content (AvgIpc) is 4.04. The number of rotatable bonds is 5. The minimum atomic E-state index is -0.152. The van der Waals surface area contributed by atoms with Gasteiger partial charge in [0.15, 0.2) is 0 Å². The van der Waals surface area contributed by atoms with Crippen LogP contribution in [0.4, 0.5) is 0 Å². The van der Waals surface area contributed by atoms with Gasteiger partial charge >= 0.3 is 0 Å². The zero-order valence-electron chi connectivity index (χ0n) is 38.7. The maximum Gasteiger partial charge on any atom is 0.0541 e. The summed E-state index contributed by atoms with van der Waals surface area (Å²) in [6.07, 6.45) is 0. The highest BCUT2D eigenvalue weighted by molar-refractivity contribution is 6.11. The maximum absolute atomic E-state index is 2.53. The Bertz CT molecular complexity index is 4050. The van der Waals surface area contributed by atoms with Crippen molar-refractivity contribution in [2.45, 2.75) is 38.5 Å². The summed E-state index contributed by atoms with van der Waals surface area (Å²) in [6, 6.07) is 81.5. The smallest absolute Gasteiger partial charge is 0.0541 e. The quantitative estimate of drug-likeness (QED) is 0.163. The second-order valence-electron chi connectivity index (χ2n) is 20.1. The van der Waals surface area contributed by atoms with E-state index < -0.39 is 0 Å². The van der Waals surface area contributed by atoms with Crippen LogP contribution in [-0.4, -0.2) is 9.13 Å². The highest BCUT2D eigenvalue weighted by Crippen LogP contribution is 2.57. The van der Waals surface area contributed by atoms with Crippen molar-refractivity contribution < 1.29 is 0 Å². The van der Waals surface area contributed by atoms with E-state index in [0.717, 1.165) is 0 Å². The van der Waals surface area contributed by atoms with Crippen LogP contribution in [0.15, 0.2) is 218 Å². The van der Waals surface area contributed by atoms with Crippen molar-refractivity contribution in [1.29, 1.82) is 0 Å². The molecular formula is C66H48N2. The van der Waals surface area contributed by atoms with Crippen LogP contribution < -0.4 is 0 Å². The van der Waals surface area contributed by atoms with Gasteiger partial charge in [0.05, 0.1) is 22.1 Å². The molecule has 0 saturated heterocycles. The van der Waals surface area contributed by atoms with E-state index in [-0.39, 0.29) is 10.8 Å². The van der Waals surface area contributed by atoms with E-state index in [4.69, 9.17) is 0 Å². The summed E-state index contributed by atoms with van der Waals surface area (Å²) in [7, 11) is 0.